The van der Waals surface area contributed by atoms with Gasteiger partial charge in [-0.25, -0.2) is 0 Å². The summed E-state index contributed by atoms with van der Waals surface area (Å²) in [6.07, 6.45) is 1.94. The molecule has 0 atom stereocenters. The number of hydrogen-bond acceptors (Lipinski definition) is 1. The van der Waals surface area contributed by atoms with Crippen molar-refractivity contribution < 1.29 is 0 Å². The van der Waals surface area contributed by atoms with Crippen molar-refractivity contribution in [1.82, 2.24) is 8.97 Å². The Morgan fingerprint density at radius 2 is 1.38 bits per heavy atom. The maximum Gasteiger partial charge on any atom is 0.275 e. The Kier molecular flexibility index (Phi) is 2.64. The molecule has 0 spiro atoms. The number of para-hydroxylation sites is 2. The van der Waals surface area contributed by atoms with E-state index in [0.717, 1.165) is 16.6 Å². The molecule has 0 aliphatic rings. The maximum absolute atomic E-state index is 12.8. The van der Waals surface area contributed by atoms with Crippen LogP contribution in [-0.4, -0.2) is 8.97 Å². The van der Waals surface area contributed by atoms with Crippen molar-refractivity contribution in [3.05, 3.63) is 88.8 Å². The van der Waals surface area contributed by atoms with E-state index in [2.05, 4.69) is 0 Å². The van der Waals surface area contributed by atoms with Crippen molar-refractivity contribution in [2.75, 3.05) is 0 Å². The van der Waals surface area contributed by atoms with E-state index < -0.39 is 0 Å². The zero-order valence-corrected chi connectivity index (χ0v) is 11.4. The Bertz CT molecular complexity index is 980. The molecule has 102 valence electrons. The SMILES string of the molecule is O=c1c2cccn2c2ccccc2n1Cc1ccccc1. The lowest BCUT2D eigenvalue weighted by Gasteiger charge is -2.12. The molecule has 0 bridgehead atoms. The number of fused-ring (bicyclic) bond motifs is 3. The van der Waals surface area contributed by atoms with Gasteiger partial charge in [-0.15, -0.1) is 0 Å². The van der Waals surface area contributed by atoms with Crippen LogP contribution in [0.25, 0.3) is 16.6 Å². The standard InChI is InChI=1S/C18H14N2O/c21-18-17-11-6-12-19(17)15-9-4-5-10-16(15)20(18)13-14-7-2-1-3-8-14/h1-12H,13H2. The molecule has 4 rings (SSSR count). The van der Waals surface area contributed by atoms with Crippen LogP contribution in [0.15, 0.2) is 77.7 Å². The molecule has 0 amide bonds. The van der Waals surface area contributed by atoms with Crippen molar-refractivity contribution in [2.45, 2.75) is 6.54 Å². The molecule has 3 heteroatoms. The van der Waals surface area contributed by atoms with Gasteiger partial charge in [-0.2, -0.15) is 0 Å². The van der Waals surface area contributed by atoms with Crippen LogP contribution in [-0.2, 0) is 6.54 Å². The van der Waals surface area contributed by atoms with Gasteiger partial charge in [0.15, 0.2) is 0 Å². The van der Waals surface area contributed by atoms with Gasteiger partial charge in [0.2, 0.25) is 0 Å². The zero-order chi connectivity index (χ0) is 14.2. The van der Waals surface area contributed by atoms with Crippen molar-refractivity contribution in [2.24, 2.45) is 0 Å². The van der Waals surface area contributed by atoms with E-state index in [-0.39, 0.29) is 5.56 Å². The average molecular weight is 274 g/mol. The highest BCUT2D eigenvalue weighted by molar-refractivity contribution is 5.79. The molecule has 0 unspecified atom stereocenters. The molecular formula is C18H14N2O. The van der Waals surface area contributed by atoms with Gasteiger partial charge >= 0.3 is 0 Å². The molecule has 0 aliphatic heterocycles. The van der Waals surface area contributed by atoms with Gasteiger partial charge in [-0.3, -0.25) is 4.79 Å². The van der Waals surface area contributed by atoms with Crippen molar-refractivity contribution in [3.8, 4) is 0 Å². The highest BCUT2D eigenvalue weighted by Gasteiger charge is 2.10. The summed E-state index contributed by atoms with van der Waals surface area (Å²) < 4.78 is 3.80. The lowest BCUT2D eigenvalue weighted by Crippen LogP contribution is -2.23. The van der Waals surface area contributed by atoms with E-state index >= 15 is 0 Å². The molecule has 0 saturated heterocycles. The Balaban J connectivity index is 2.06. The van der Waals surface area contributed by atoms with Crippen LogP contribution < -0.4 is 5.56 Å². The summed E-state index contributed by atoms with van der Waals surface area (Å²) in [5, 5.41) is 0. The first-order valence-corrected chi connectivity index (χ1v) is 6.97. The number of hydrogen-bond donors (Lipinski definition) is 0. The molecule has 0 saturated carbocycles. The van der Waals surface area contributed by atoms with Gasteiger partial charge < -0.3 is 8.97 Å². The number of nitrogens with zero attached hydrogens (tertiary/aromatic N) is 2. The maximum atomic E-state index is 12.8. The third kappa shape index (κ3) is 1.86. The van der Waals surface area contributed by atoms with Crippen LogP contribution in [0.5, 0.6) is 0 Å². The first-order valence-electron chi connectivity index (χ1n) is 6.97. The summed E-state index contributed by atoms with van der Waals surface area (Å²) in [5.41, 5.74) is 3.89. The lowest BCUT2D eigenvalue weighted by atomic mass is 10.2. The summed E-state index contributed by atoms with van der Waals surface area (Å²) in [7, 11) is 0. The van der Waals surface area contributed by atoms with Crippen molar-refractivity contribution in [1.29, 1.82) is 0 Å². The van der Waals surface area contributed by atoms with E-state index in [1.807, 2.05) is 81.9 Å². The van der Waals surface area contributed by atoms with Crippen LogP contribution in [0.3, 0.4) is 0 Å². The van der Waals surface area contributed by atoms with Gasteiger partial charge in [0.1, 0.15) is 5.52 Å². The van der Waals surface area contributed by atoms with E-state index in [4.69, 9.17) is 0 Å². The van der Waals surface area contributed by atoms with E-state index in [1.54, 1.807) is 0 Å². The predicted molar refractivity (Wildman–Crippen MR) is 84.7 cm³/mol. The zero-order valence-electron chi connectivity index (χ0n) is 11.4. The van der Waals surface area contributed by atoms with Gasteiger partial charge in [-0.1, -0.05) is 42.5 Å². The molecule has 0 aliphatic carbocycles. The molecule has 2 aromatic carbocycles. The molecule has 2 heterocycles. The Hall–Kier alpha value is -2.81. The van der Waals surface area contributed by atoms with Crippen LogP contribution >= 0.6 is 0 Å². The summed E-state index contributed by atoms with van der Waals surface area (Å²) in [6, 6.07) is 21.9. The lowest BCUT2D eigenvalue weighted by molar-refractivity contribution is 0.793. The van der Waals surface area contributed by atoms with E-state index in [0.29, 0.717) is 12.1 Å². The minimum atomic E-state index is 0.0440. The second-order valence-electron chi connectivity index (χ2n) is 5.13. The van der Waals surface area contributed by atoms with E-state index in [9.17, 15) is 4.79 Å². The molecule has 2 aromatic heterocycles. The predicted octanol–water partition coefficient (Wildman–Crippen LogP) is 3.30. The molecule has 3 nitrogen and oxygen atoms in total. The minimum Gasteiger partial charge on any atom is -0.310 e. The van der Waals surface area contributed by atoms with Crippen molar-refractivity contribution >= 4 is 16.6 Å². The van der Waals surface area contributed by atoms with Crippen molar-refractivity contribution in [3.63, 3.8) is 0 Å². The fraction of sp³-hybridized carbons (Fsp3) is 0.0556. The monoisotopic (exact) mass is 274 g/mol. The molecular weight excluding hydrogens is 260 g/mol. The quantitative estimate of drug-likeness (QED) is 0.551. The second-order valence-corrected chi connectivity index (χ2v) is 5.13. The third-order valence-corrected chi connectivity index (χ3v) is 3.83. The molecule has 0 fully saturated rings. The fourth-order valence-electron chi connectivity index (χ4n) is 2.83. The normalized spacial score (nSPS) is 11.2. The molecule has 0 N–H and O–H groups in total. The highest BCUT2D eigenvalue weighted by atomic mass is 16.1. The van der Waals surface area contributed by atoms with E-state index in [1.165, 1.54) is 0 Å². The van der Waals surface area contributed by atoms with Crippen LogP contribution in [0.2, 0.25) is 0 Å². The smallest absolute Gasteiger partial charge is 0.275 e. The number of benzene rings is 2. The van der Waals surface area contributed by atoms with Crippen LogP contribution in [0.1, 0.15) is 5.56 Å². The topological polar surface area (TPSA) is 26.4 Å². The summed E-state index contributed by atoms with van der Waals surface area (Å²) in [5.74, 6) is 0. The Morgan fingerprint density at radius 3 is 2.19 bits per heavy atom. The first kappa shape index (κ1) is 12.0. The summed E-state index contributed by atoms with van der Waals surface area (Å²) in [6.45, 7) is 0.585. The Labute approximate surface area is 121 Å². The second kappa shape index (κ2) is 4.63. The van der Waals surface area contributed by atoms with Gasteiger partial charge in [-0.05, 0) is 29.8 Å². The Morgan fingerprint density at radius 1 is 0.714 bits per heavy atom. The first-order chi connectivity index (χ1) is 10.3. The van der Waals surface area contributed by atoms with Gasteiger partial charge in [0.05, 0.1) is 17.6 Å². The highest BCUT2D eigenvalue weighted by Crippen LogP contribution is 2.16. The average Bonchev–Trinajstić information content (AvgIpc) is 3.02. The largest absolute Gasteiger partial charge is 0.310 e. The summed E-state index contributed by atoms with van der Waals surface area (Å²) in [4.78, 5) is 12.8. The fourth-order valence-corrected chi connectivity index (χ4v) is 2.83. The minimum absolute atomic E-state index is 0.0440. The molecule has 0 radical (unpaired) electrons. The number of aromatic nitrogens is 2. The molecule has 4 aromatic rings. The molecule has 21 heavy (non-hydrogen) atoms. The van der Waals surface area contributed by atoms with Crippen LogP contribution in [0, 0.1) is 0 Å². The van der Waals surface area contributed by atoms with Gasteiger partial charge in [0, 0.05) is 6.20 Å². The van der Waals surface area contributed by atoms with Gasteiger partial charge in [0.25, 0.3) is 5.56 Å². The number of rotatable bonds is 2. The van der Waals surface area contributed by atoms with Crippen LogP contribution in [0.4, 0.5) is 0 Å². The third-order valence-electron chi connectivity index (χ3n) is 3.83. The summed E-state index contributed by atoms with van der Waals surface area (Å²) >= 11 is 0.